The Hall–Kier alpha value is -3.20. The van der Waals surface area contributed by atoms with E-state index in [-0.39, 0.29) is 16.8 Å². The summed E-state index contributed by atoms with van der Waals surface area (Å²) in [7, 11) is -1.84. The van der Waals surface area contributed by atoms with Gasteiger partial charge in [0.25, 0.3) is 5.91 Å². The van der Waals surface area contributed by atoms with Crippen molar-refractivity contribution in [2.75, 3.05) is 12.4 Å². The van der Waals surface area contributed by atoms with Gasteiger partial charge in [0.15, 0.2) is 9.84 Å². The number of carbonyl (C=O) groups excluding carboxylic acids is 1. The highest BCUT2D eigenvalue weighted by molar-refractivity contribution is 7.92. The van der Waals surface area contributed by atoms with Gasteiger partial charge in [-0.1, -0.05) is 11.2 Å². The first kappa shape index (κ1) is 19.6. The molecule has 1 heterocycles. The standard InChI is InChI=1S/C19H19N3O5S/c1-12(2)28(24,25)16-9-7-13(8-10-16)18-21-22-19(27-18)20-17(23)14-5-4-6-15(11-14)26-3/h4-12H,1-3H3,(H,20,22,23). The normalized spacial score (nSPS) is 11.4. The molecule has 0 atom stereocenters. The smallest absolute Gasteiger partial charge is 0.322 e. The van der Waals surface area contributed by atoms with Gasteiger partial charge in [-0.05, 0) is 56.3 Å². The number of ether oxygens (including phenoxy) is 1. The van der Waals surface area contributed by atoms with Crippen LogP contribution in [-0.2, 0) is 9.84 Å². The summed E-state index contributed by atoms with van der Waals surface area (Å²) >= 11 is 0. The molecule has 8 nitrogen and oxygen atoms in total. The van der Waals surface area contributed by atoms with E-state index in [1.165, 1.54) is 19.2 Å². The first-order valence-electron chi connectivity index (χ1n) is 8.44. The van der Waals surface area contributed by atoms with E-state index in [0.29, 0.717) is 16.9 Å². The van der Waals surface area contributed by atoms with E-state index >= 15 is 0 Å². The van der Waals surface area contributed by atoms with Crippen molar-refractivity contribution in [2.45, 2.75) is 24.0 Å². The highest BCUT2D eigenvalue weighted by Crippen LogP contribution is 2.24. The number of hydrogen-bond acceptors (Lipinski definition) is 7. The first-order chi connectivity index (χ1) is 13.3. The summed E-state index contributed by atoms with van der Waals surface area (Å²) in [4.78, 5) is 12.5. The number of sulfone groups is 1. The third kappa shape index (κ3) is 4.04. The Kier molecular flexibility index (Phi) is 5.46. The predicted octanol–water partition coefficient (Wildman–Crippen LogP) is 3.18. The van der Waals surface area contributed by atoms with Gasteiger partial charge < -0.3 is 9.15 Å². The van der Waals surface area contributed by atoms with Crippen molar-refractivity contribution in [2.24, 2.45) is 0 Å². The Balaban J connectivity index is 1.76. The number of carbonyl (C=O) groups is 1. The quantitative estimate of drug-likeness (QED) is 0.675. The van der Waals surface area contributed by atoms with E-state index in [9.17, 15) is 13.2 Å². The summed E-state index contributed by atoms with van der Waals surface area (Å²) in [5.41, 5.74) is 0.916. The van der Waals surface area contributed by atoms with Gasteiger partial charge in [0.2, 0.25) is 5.89 Å². The molecule has 0 unspecified atom stereocenters. The SMILES string of the molecule is COc1cccc(C(=O)Nc2nnc(-c3ccc(S(=O)(=O)C(C)C)cc3)o2)c1. The van der Waals surface area contributed by atoms with Gasteiger partial charge in [0.05, 0.1) is 17.3 Å². The van der Waals surface area contributed by atoms with Gasteiger partial charge in [0, 0.05) is 11.1 Å². The molecule has 3 rings (SSSR count). The molecular formula is C19H19N3O5S. The summed E-state index contributed by atoms with van der Waals surface area (Å²) < 4.78 is 34.9. The number of hydrogen-bond donors (Lipinski definition) is 1. The molecule has 0 saturated heterocycles. The van der Waals surface area contributed by atoms with Crippen LogP contribution < -0.4 is 10.1 Å². The minimum Gasteiger partial charge on any atom is -0.497 e. The Morgan fingerprint density at radius 1 is 1.11 bits per heavy atom. The average molecular weight is 401 g/mol. The molecule has 9 heteroatoms. The average Bonchev–Trinajstić information content (AvgIpc) is 3.16. The molecular weight excluding hydrogens is 382 g/mol. The number of nitrogens with one attached hydrogen (secondary N) is 1. The summed E-state index contributed by atoms with van der Waals surface area (Å²) in [5, 5.41) is 9.70. The van der Waals surface area contributed by atoms with Crippen molar-refractivity contribution in [1.29, 1.82) is 0 Å². The van der Waals surface area contributed by atoms with Crippen LogP contribution in [0.2, 0.25) is 0 Å². The van der Waals surface area contributed by atoms with Crippen molar-refractivity contribution in [3.63, 3.8) is 0 Å². The van der Waals surface area contributed by atoms with E-state index in [4.69, 9.17) is 9.15 Å². The van der Waals surface area contributed by atoms with Gasteiger partial charge in [-0.15, -0.1) is 5.10 Å². The van der Waals surface area contributed by atoms with E-state index in [0.717, 1.165) is 0 Å². The molecule has 0 aliphatic carbocycles. The fraction of sp³-hybridized carbons (Fsp3) is 0.211. The molecule has 1 aromatic heterocycles. The second kappa shape index (κ2) is 7.81. The molecule has 1 amide bonds. The maximum Gasteiger partial charge on any atom is 0.322 e. The second-order valence-corrected chi connectivity index (χ2v) is 8.72. The lowest BCUT2D eigenvalue weighted by atomic mass is 10.2. The minimum absolute atomic E-state index is 0.0679. The predicted molar refractivity (Wildman–Crippen MR) is 103 cm³/mol. The molecule has 0 aliphatic rings. The van der Waals surface area contributed by atoms with Crippen LogP contribution in [0.3, 0.4) is 0 Å². The second-order valence-electron chi connectivity index (χ2n) is 6.22. The van der Waals surface area contributed by atoms with E-state index in [1.807, 2.05) is 0 Å². The molecule has 3 aromatic rings. The number of benzene rings is 2. The van der Waals surface area contributed by atoms with Crippen LogP contribution in [0, 0.1) is 0 Å². The number of methoxy groups -OCH3 is 1. The monoisotopic (exact) mass is 401 g/mol. The van der Waals surface area contributed by atoms with Crippen LogP contribution in [0.4, 0.5) is 6.01 Å². The lowest BCUT2D eigenvalue weighted by Gasteiger charge is -2.07. The zero-order valence-electron chi connectivity index (χ0n) is 15.5. The zero-order chi connectivity index (χ0) is 20.3. The molecule has 0 radical (unpaired) electrons. The maximum absolute atomic E-state index is 12.3. The Morgan fingerprint density at radius 3 is 2.46 bits per heavy atom. The molecule has 0 saturated carbocycles. The van der Waals surface area contributed by atoms with Crippen LogP contribution in [0.25, 0.3) is 11.5 Å². The fourth-order valence-corrected chi connectivity index (χ4v) is 3.44. The molecule has 146 valence electrons. The van der Waals surface area contributed by atoms with Crippen molar-refractivity contribution in [1.82, 2.24) is 10.2 Å². The lowest BCUT2D eigenvalue weighted by Crippen LogP contribution is -2.13. The first-order valence-corrected chi connectivity index (χ1v) is 9.99. The highest BCUT2D eigenvalue weighted by atomic mass is 32.2. The number of anilines is 1. The third-order valence-electron chi connectivity index (χ3n) is 4.03. The zero-order valence-corrected chi connectivity index (χ0v) is 16.4. The highest BCUT2D eigenvalue weighted by Gasteiger charge is 2.19. The van der Waals surface area contributed by atoms with Gasteiger partial charge in [-0.25, -0.2) is 8.42 Å². The van der Waals surface area contributed by atoms with Crippen molar-refractivity contribution < 1.29 is 22.4 Å². The van der Waals surface area contributed by atoms with Crippen LogP contribution in [0.5, 0.6) is 5.75 Å². The van der Waals surface area contributed by atoms with Crippen LogP contribution in [0.15, 0.2) is 57.8 Å². The number of rotatable bonds is 6. The Labute approximate surface area is 162 Å². The van der Waals surface area contributed by atoms with E-state index < -0.39 is 21.0 Å². The van der Waals surface area contributed by atoms with Crippen LogP contribution >= 0.6 is 0 Å². The van der Waals surface area contributed by atoms with Crippen molar-refractivity contribution >= 4 is 21.8 Å². The lowest BCUT2D eigenvalue weighted by molar-refractivity contribution is 0.102. The Morgan fingerprint density at radius 2 is 1.82 bits per heavy atom. The van der Waals surface area contributed by atoms with Crippen LogP contribution in [-0.4, -0.2) is 36.9 Å². The number of amides is 1. The van der Waals surface area contributed by atoms with Gasteiger partial charge >= 0.3 is 6.01 Å². The molecule has 0 aliphatic heterocycles. The van der Waals surface area contributed by atoms with Gasteiger partial charge in [-0.2, -0.15) is 0 Å². The number of aromatic nitrogens is 2. The summed E-state index contributed by atoms with van der Waals surface area (Å²) in [5.74, 6) is 0.289. The Bertz CT molecular complexity index is 1090. The van der Waals surface area contributed by atoms with Gasteiger partial charge in [-0.3, -0.25) is 10.1 Å². The molecule has 0 fully saturated rings. The molecule has 0 bridgehead atoms. The molecule has 2 aromatic carbocycles. The fourth-order valence-electron chi connectivity index (χ4n) is 2.38. The van der Waals surface area contributed by atoms with Crippen LogP contribution in [0.1, 0.15) is 24.2 Å². The van der Waals surface area contributed by atoms with Crippen molar-refractivity contribution in [3.05, 3.63) is 54.1 Å². The minimum atomic E-state index is -3.36. The molecule has 28 heavy (non-hydrogen) atoms. The molecule has 0 spiro atoms. The third-order valence-corrected chi connectivity index (χ3v) is 6.20. The summed E-state index contributed by atoms with van der Waals surface area (Å²) in [6.07, 6.45) is 0. The summed E-state index contributed by atoms with van der Waals surface area (Å²) in [6, 6.07) is 12.7. The maximum atomic E-state index is 12.3. The van der Waals surface area contributed by atoms with E-state index in [2.05, 4.69) is 15.5 Å². The molecule has 1 N–H and O–H groups in total. The number of nitrogens with zero attached hydrogens (tertiary/aromatic N) is 2. The largest absolute Gasteiger partial charge is 0.497 e. The van der Waals surface area contributed by atoms with Gasteiger partial charge in [0.1, 0.15) is 5.75 Å². The summed E-state index contributed by atoms with van der Waals surface area (Å²) in [6.45, 7) is 3.25. The van der Waals surface area contributed by atoms with Crippen molar-refractivity contribution in [3.8, 4) is 17.2 Å². The topological polar surface area (TPSA) is 111 Å². The van der Waals surface area contributed by atoms with E-state index in [1.54, 1.807) is 50.2 Å².